The van der Waals surface area contributed by atoms with Gasteiger partial charge >= 0.3 is 23.9 Å². The van der Waals surface area contributed by atoms with Crippen molar-refractivity contribution in [3.8, 4) is 0 Å². The Kier molecular flexibility index (Phi) is 38.4. The molecule has 4 aliphatic heterocycles. The number of benzene rings is 2. The van der Waals surface area contributed by atoms with Crippen molar-refractivity contribution in [1.82, 2.24) is 61.3 Å². The van der Waals surface area contributed by atoms with Gasteiger partial charge in [-0.05, 0) is 67.7 Å². The molecule has 14 N–H and O–H groups in total. The summed E-state index contributed by atoms with van der Waals surface area (Å²) in [6.45, 7) is 5.75. The number of carboxylic acids is 5. The lowest BCUT2D eigenvalue weighted by molar-refractivity contribution is -0.148. The smallest absolute Gasteiger partial charge is 0.327 e. The van der Waals surface area contributed by atoms with E-state index in [4.69, 9.17) is 15.6 Å². The first kappa shape index (κ1) is 87.5. The fraction of sp³-hybridized carbons (Fsp3) is 0.623. The van der Waals surface area contributed by atoms with Gasteiger partial charge in [-0.1, -0.05) is 68.3 Å². The number of hydrogen-bond acceptors (Lipinski definition) is 22. The third kappa shape index (κ3) is 32.2. The fourth-order valence-electron chi connectivity index (χ4n) is 12.4. The van der Waals surface area contributed by atoms with Gasteiger partial charge in [0.1, 0.15) is 42.3 Å². The normalized spacial score (nSPS) is 22.7. The number of nitrogens with two attached hydrogens (primary N) is 1. The summed E-state index contributed by atoms with van der Waals surface area (Å²) in [6.07, 6.45) is 1.06. The molecule has 0 aliphatic carbocycles. The molecule has 0 saturated carbocycles. The van der Waals surface area contributed by atoms with Crippen LogP contribution in [0.2, 0.25) is 0 Å². The molecule has 6 rings (SSSR count). The molecule has 105 heavy (non-hydrogen) atoms. The Bertz CT molecular complexity index is 3250. The molecule has 2 aromatic carbocycles. The summed E-state index contributed by atoms with van der Waals surface area (Å²) in [7, 11) is 0. The van der Waals surface area contributed by atoms with E-state index in [1.807, 2.05) is 30.0 Å². The third-order valence-corrected chi connectivity index (χ3v) is 20.9. The minimum Gasteiger partial charge on any atom is -0.481 e. The van der Waals surface area contributed by atoms with Gasteiger partial charge in [0, 0.05) is 133 Å². The molecule has 0 unspecified atom stereocenters. The Hall–Kier alpha value is -8.13. The quantitative estimate of drug-likeness (QED) is 0.0533. The van der Waals surface area contributed by atoms with E-state index < -0.39 is 132 Å². The molecule has 36 heteroatoms. The first-order valence-electron chi connectivity index (χ1n) is 35.2. The maximum Gasteiger partial charge on any atom is 0.327 e. The number of unbranched alkanes of at least 4 members (excludes halogenated alkanes) is 2. The molecule has 4 aliphatic rings. The molecule has 8 atom stereocenters. The van der Waals surface area contributed by atoms with Gasteiger partial charge in [-0.25, -0.2) is 4.79 Å². The van der Waals surface area contributed by atoms with Crippen LogP contribution in [0.15, 0.2) is 48.5 Å². The van der Waals surface area contributed by atoms with Crippen molar-refractivity contribution in [3.05, 3.63) is 70.8 Å². The van der Waals surface area contributed by atoms with E-state index in [-0.39, 0.29) is 153 Å². The number of thioether (sulfide) groups is 3. The molecule has 0 radical (unpaired) electrons. The number of carboxylic acid groups (broad SMARTS) is 5. The number of amides is 9. The molecular formula is C69H103N13O20S3. The molecule has 3 saturated heterocycles. The van der Waals surface area contributed by atoms with Crippen molar-refractivity contribution in [2.24, 2.45) is 5.73 Å². The van der Waals surface area contributed by atoms with Gasteiger partial charge in [0.15, 0.2) is 0 Å². The van der Waals surface area contributed by atoms with E-state index in [0.29, 0.717) is 42.1 Å². The zero-order chi connectivity index (χ0) is 77.1. The number of rotatable bonds is 25. The molecule has 2 bridgehead atoms. The van der Waals surface area contributed by atoms with E-state index in [0.717, 1.165) is 36.5 Å². The predicted octanol–water partition coefficient (Wildman–Crippen LogP) is -0.958. The molecule has 0 spiro atoms. The zero-order valence-electron chi connectivity index (χ0n) is 59.7. The zero-order valence-corrected chi connectivity index (χ0v) is 62.2. The predicted molar refractivity (Wildman–Crippen MR) is 391 cm³/mol. The SMILES string of the molecule is CC(=O)O.CCCCCC(=O)N[C@H]1CSCc2cc(CSCCNC(=O)CN3CCN(CC(=O)O)CCN(CC(=O)O)CCN(CC(=O)O)CC3)cc(c2)CSC[C@@H](C(=O)O)NC(=O)[C@H](Cc2ccccc2)NC(=O)[C@H](CCC(N)=O)NC(=O)[C@H]([C@@H](C)O)NC(=O)[C@@H]2CCCN2C(=O)[C@@H]2CCCN2C1=O. The molecule has 33 nitrogen and oxygen atoms in total. The molecule has 2 aromatic rings. The highest BCUT2D eigenvalue weighted by atomic mass is 32.2. The standard InChI is InChI=1S/C67H99N13O18S3.C2H4O2/c1-3-4-6-15-55(83)70-50-41-100-39-46-30-45(38-99-29-18-69-56(84)34-75-21-23-76(35-57(85)86)25-27-78(37-59(89)90)28-26-77(24-22-75)36-58(87)88)31-47(32-46)40-101-42-51(67(97)98)73-62(92)49(33-44-11-7-5-8-12-44)72-61(91)48(16-17-54(68)82)71-64(94)60(43(2)81)74-63(93)52-13-9-19-79(52)66(96)53-14-10-20-80(53)65(50)95;1-2(3)4/h5,7-8,11-12,30-32,43,48-53,60,81H,3-4,6,9-10,13-29,33-42H2,1-2H3,(H2,68,82)(H,69,84)(H,70,83)(H,71,94)(H,72,91)(H,73,92)(H,74,93)(H,85,86)(H,87,88)(H,89,90)(H,97,98);1H3,(H,3,4)/t43-,48+,49+,50+,51+,52+,53+,60+;/m1./s1. The molecule has 3 fully saturated rings. The van der Waals surface area contributed by atoms with Gasteiger partial charge < -0.3 is 78.1 Å². The van der Waals surface area contributed by atoms with Crippen LogP contribution in [-0.2, 0) is 90.8 Å². The summed E-state index contributed by atoms with van der Waals surface area (Å²) in [5.74, 6) is -10.3. The summed E-state index contributed by atoms with van der Waals surface area (Å²) in [5, 5.41) is 74.0. The number of aliphatic hydroxyl groups is 1. The topological polar surface area (TPSA) is 478 Å². The number of fused-ring (bicyclic) bond motifs is 4. The summed E-state index contributed by atoms with van der Waals surface area (Å²) in [5.41, 5.74) is 8.51. The number of hydrogen-bond donors (Lipinski definition) is 13. The van der Waals surface area contributed by atoms with Crippen LogP contribution in [0.1, 0.15) is 107 Å². The van der Waals surface area contributed by atoms with Crippen LogP contribution >= 0.6 is 35.3 Å². The average molecular weight is 1530 g/mol. The van der Waals surface area contributed by atoms with Crippen molar-refractivity contribution >= 4 is 118 Å². The van der Waals surface area contributed by atoms with E-state index in [2.05, 4.69) is 31.9 Å². The minimum atomic E-state index is -1.71. The second kappa shape index (κ2) is 46.1. The van der Waals surface area contributed by atoms with Crippen molar-refractivity contribution in [2.75, 3.05) is 115 Å². The number of nitrogens with zero attached hydrogens (tertiary/aromatic N) is 6. The largest absolute Gasteiger partial charge is 0.481 e. The number of carbonyl (C=O) groups excluding carboxylic acids is 9. The van der Waals surface area contributed by atoms with Gasteiger partial charge in [-0.15, -0.1) is 0 Å². The Morgan fingerprint density at radius 2 is 1.11 bits per heavy atom. The number of aliphatic hydroxyl groups excluding tert-OH is 1. The van der Waals surface area contributed by atoms with Gasteiger partial charge in [0.05, 0.1) is 32.3 Å². The third-order valence-electron chi connectivity index (χ3n) is 17.6. The lowest BCUT2D eigenvalue weighted by Gasteiger charge is -2.33. The molecule has 0 aromatic heterocycles. The van der Waals surface area contributed by atoms with Crippen LogP contribution in [-0.4, -0.2) is 307 Å². The second-order valence-corrected chi connectivity index (χ2v) is 29.5. The van der Waals surface area contributed by atoms with Crippen LogP contribution in [0.3, 0.4) is 0 Å². The molecule has 9 amide bonds. The van der Waals surface area contributed by atoms with E-state index >= 15 is 0 Å². The highest BCUT2D eigenvalue weighted by Gasteiger charge is 2.45. The van der Waals surface area contributed by atoms with Gasteiger partial charge in [0.25, 0.3) is 5.97 Å². The van der Waals surface area contributed by atoms with Gasteiger partial charge in [0.2, 0.25) is 53.2 Å². The Labute approximate surface area is 623 Å². The first-order valence-corrected chi connectivity index (χ1v) is 38.7. The fourth-order valence-corrected chi connectivity index (χ4v) is 15.1. The number of aliphatic carboxylic acids is 5. The highest BCUT2D eigenvalue weighted by Crippen LogP contribution is 2.28. The van der Waals surface area contributed by atoms with Crippen molar-refractivity contribution in [2.45, 2.75) is 157 Å². The Balaban J connectivity index is 0.00000482. The van der Waals surface area contributed by atoms with Gasteiger partial charge in [-0.3, -0.25) is 81.9 Å². The molecule has 582 valence electrons. The number of primary amides is 1. The Morgan fingerprint density at radius 1 is 0.600 bits per heavy atom. The second-order valence-electron chi connectivity index (χ2n) is 26.3. The summed E-state index contributed by atoms with van der Waals surface area (Å²) >= 11 is 4.09. The Morgan fingerprint density at radius 3 is 1.64 bits per heavy atom. The minimum absolute atomic E-state index is 0.0754. The van der Waals surface area contributed by atoms with Crippen molar-refractivity contribution in [3.63, 3.8) is 0 Å². The monoisotopic (exact) mass is 1530 g/mol. The van der Waals surface area contributed by atoms with Crippen LogP contribution in [0.25, 0.3) is 0 Å². The average Bonchev–Trinajstić information content (AvgIpc) is 1.70. The highest BCUT2D eigenvalue weighted by molar-refractivity contribution is 7.99. The number of carbonyl (C=O) groups is 14. The maximum atomic E-state index is 14.9. The lowest BCUT2D eigenvalue weighted by atomic mass is 10.0. The van der Waals surface area contributed by atoms with E-state index in [1.165, 1.54) is 52.0 Å². The van der Waals surface area contributed by atoms with Crippen LogP contribution < -0.4 is 37.6 Å². The van der Waals surface area contributed by atoms with Crippen LogP contribution in [0.5, 0.6) is 0 Å². The van der Waals surface area contributed by atoms with E-state index in [1.54, 1.807) is 45.0 Å². The first-order chi connectivity index (χ1) is 50.0. The summed E-state index contributed by atoms with van der Waals surface area (Å²) in [6, 6.07) is 4.89. The lowest BCUT2D eigenvalue weighted by Crippen LogP contribution is -2.61. The number of nitrogens with one attached hydrogen (secondary N) is 6. The van der Waals surface area contributed by atoms with Crippen LogP contribution in [0.4, 0.5) is 0 Å². The van der Waals surface area contributed by atoms with Crippen LogP contribution in [0, 0.1) is 0 Å². The summed E-state index contributed by atoms with van der Waals surface area (Å²) in [4.78, 5) is 193. The maximum absolute atomic E-state index is 14.9. The molecular weight excluding hydrogens is 1430 g/mol. The van der Waals surface area contributed by atoms with Crippen molar-refractivity contribution < 1.29 is 97.8 Å². The van der Waals surface area contributed by atoms with E-state index in [9.17, 15) is 87.9 Å². The van der Waals surface area contributed by atoms with Gasteiger partial charge in [-0.2, -0.15) is 35.3 Å². The van der Waals surface area contributed by atoms with Crippen molar-refractivity contribution in [1.29, 1.82) is 0 Å². The molecule has 4 heterocycles. The summed E-state index contributed by atoms with van der Waals surface area (Å²) < 4.78 is 0.